The molecule has 2 aliphatic rings. The number of aliphatic hydroxyl groups excluding tert-OH is 1. The Morgan fingerprint density at radius 1 is 1.15 bits per heavy atom. The molecule has 0 bridgehead atoms. The predicted molar refractivity (Wildman–Crippen MR) is 117 cm³/mol. The number of nitrogens with zero attached hydrogens (tertiary/aromatic N) is 3. The topological polar surface area (TPSA) is 158 Å². The Bertz CT molecular complexity index is 1270. The van der Waals surface area contributed by atoms with Gasteiger partial charge in [-0.15, -0.1) is 0 Å². The van der Waals surface area contributed by atoms with E-state index in [1.807, 2.05) is 12.1 Å². The van der Waals surface area contributed by atoms with E-state index in [1.54, 1.807) is 30.3 Å². The molecule has 1 saturated heterocycles. The van der Waals surface area contributed by atoms with Crippen LogP contribution in [0.5, 0.6) is 0 Å². The van der Waals surface area contributed by atoms with Gasteiger partial charge in [0.15, 0.2) is 6.29 Å². The van der Waals surface area contributed by atoms with E-state index in [4.69, 9.17) is 4.52 Å². The molecule has 4 N–H and O–H groups in total. The zero-order valence-electron chi connectivity index (χ0n) is 17.9. The Hall–Kier alpha value is -4.09. The lowest BCUT2D eigenvalue weighted by molar-refractivity contribution is -0.136. The summed E-state index contributed by atoms with van der Waals surface area (Å²) in [6, 6.07) is 11.5. The van der Waals surface area contributed by atoms with Gasteiger partial charge in [0.05, 0.1) is 0 Å². The number of rotatable bonds is 6. The quantitative estimate of drug-likeness (QED) is 0.310. The Balaban J connectivity index is 1.24. The van der Waals surface area contributed by atoms with Crippen molar-refractivity contribution < 1.29 is 29.1 Å². The van der Waals surface area contributed by atoms with Crippen molar-refractivity contribution in [1.82, 2.24) is 20.4 Å². The Morgan fingerprint density at radius 2 is 1.94 bits per heavy atom. The predicted octanol–water partition coefficient (Wildman–Crippen LogP) is 1.09. The maximum Gasteiger partial charge on any atom is 0.322 e. The number of hydrogen-bond acceptors (Lipinski definition) is 9. The summed E-state index contributed by atoms with van der Waals surface area (Å²) in [6.45, 7) is 0.675. The first-order chi connectivity index (χ1) is 16.4. The maximum absolute atomic E-state index is 12.8. The van der Waals surface area contributed by atoms with Crippen molar-refractivity contribution in [2.75, 3.05) is 5.32 Å². The number of fused-ring (bicyclic) bond motifs is 1. The van der Waals surface area contributed by atoms with Gasteiger partial charge in [0.2, 0.25) is 17.6 Å². The summed E-state index contributed by atoms with van der Waals surface area (Å²) >= 11 is 0. The summed E-state index contributed by atoms with van der Waals surface area (Å²) in [5.41, 5.74) is 3.26. The first-order valence-electron chi connectivity index (χ1n) is 10.7. The van der Waals surface area contributed by atoms with Crippen molar-refractivity contribution in [1.29, 1.82) is 0 Å². The molecule has 3 amide bonds. The number of anilines is 1. The van der Waals surface area contributed by atoms with Gasteiger partial charge in [-0.25, -0.2) is 0 Å². The first-order valence-corrected chi connectivity index (χ1v) is 10.7. The molecule has 1 atom stereocenters. The first kappa shape index (κ1) is 21.7. The molecule has 3 heterocycles. The molecule has 0 radical (unpaired) electrons. The van der Waals surface area contributed by atoms with Crippen molar-refractivity contribution in [3.63, 3.8) is 0 Å². The summed E-state index contributed by atoms with van der Waals surface area (Å²) < 4.78 is 5.24. The van der Waals surface area contributed by atoms with Gasteiger partial charge in [-0.1, -0.05) is 41.6 Å². The molecule has 2 aliphatic heterocycles. The summed E-state index contributed by atoms with van der Waals surface area (Å²) in [5, 5.41) is 27.6. The molecule has 11 heteroatoms. The monoisotopic (exact) mass is 463 g/mol. The second-order valence-electron chi connectivity index (χ2n) is 8.16. The molecule has 0 saturated carbocycles. The number of benzene rings is 2. The van der Waals surface area contributed by atoms with Crippen molar-refractivity contribution in [3.05, 3.63) is 64.7 Å². The van der Waals surface area contributed by atoms with Crippen LogP contribution in [0.25, 0.3) is 11.4 Å². The zero-order chi connectivity index (χ0) is 23.8. The van der Waals surface area contributed by atoms with Crippen molar-refractivity contribution in [2.24, 2.45) is 0 Å². The zero-order valence-corrected chi connectivity index (χ0v) is 17.9. The van der Waals surface area contributed by atoms with E-state index in [0.717, 1.165) is 11.1 Å². The highest BCUT2D eigenvalue weighted by molar-refractivity contribution is 6.05. The lowest BCUT2D eigenvalue weighted by Crippen LogP contribution is -2.52. The summed E-state index contributed by atoms with van der Waals surface area (Å²) in [7, 11) is 0. The number of nitrogens with one attached hydrogen (secondary N) is 2. The summed E-state index contributed by atoms with van der Waals surface area (Å²) in [4.78, 5) is 42.2. The van der Waals surface area contributed by atoms with Crippen LogP contribution in [0.3, 0.4) is 0 Å². The van der Waals surface area contributed by atoms with E-state index in [9.17, 15) is 24.6 Å². The Labute approximate surface area is 193 Å². The van der Waals surface area contributed by atoms with E-state index in [-0.39, 0.29) is 24.2 Å². The minimum absolute atomic E-state index is 0.211. The summed E-state index contributed by atoms with van der Waals surface area (Å²) in [5.74, 6) is -0.621. The lowest BCUT2D eigenvalue weighted by atomic mass is 10.0. The van der Waals surface area contributed by atoms with Crippen LogP contribution in [-0.2, 0) is 22.7 Å². The molecule has 5 rings (SSSR count). The largest absolute Gasteiger partial charge is 0.364 e. The third-order valence-corrected chi connectivity index (χ3v) is 5.92. The Morgan fingerprint density at radius 3 is 2.68 bits per heavy atom. The van der Waals surface area contributed by atoms with E-state index >= 15 is 0 Å². The average Bonchev–Trinajstić information content (AvgIpc) is 3.42. The maximum atomic E-state index is 12.8. The van der Waals surface area contributed by atoms with Crippen LogP contribution in [0.15, 0.2) is 47.0 Å². The molecular weight excluding hydrogens is 442 g/mol. The van der Waals surface area contributed by atoms with E-state index < -0.39 is 18.2 Å². The van der Waals surface area contributed by atoms with Gasteiger partial charge in [-0.05, 0) is 23.6 Å². The third-order valence-electron chi connectivity index (χ3n) is 5.92. The lowest BCUT2D eigenvalue weighted by Gasteiger charge is -2.29. The minimum atomic E-state index is -1.55. The molecule has 1 aromatic heterocycles. The Kier molecular flexibility index (Phi) is 5.56. The molecule has 34 heavy (non-hydrogen) atoms. The van der Waals surface area contributed by atoms with Crippen LogP contribution < -0.4 is 10.6 Å². The van der Waals surface area contributed by atoms with Gasteiger partial charge in [-0.2, -0.15) is 4.98 Å². The minimum Gasteiger partial charge on any atom is -0.364 e. The van der Waals surface area contributed by atoms with Crippen LogP contribution in [0.4, 0.5) is 6.01 Å². The van der Waals surface area contributed by atoms with Gasteiger partial charge in [0.25, 0.3) is 5.91 Å². The van der Waals surface area contributed by atoms with Crippen molar-refractivity contribution in [3.8, 4) is 11.4 Å². The van der Waals surface area contributed by atoms with Gasteiger partial charge in [0.1, 0.15) is 6.04 Å². The van der Waals surface area contributed by atoms with Crippen LogP contribution in [0.1, 0.15) is 46.2 Å². The number of aromatic nitrogens is 2. The normalized spacial score (nSPS) is 17.8. The number of imide groups is 1. The van der Waals surface area contributed by atoms with Gasteiger partial charge in [-0.3, -0.25) is 19.7 Å². The van der Waals surface area contributed by atoms with Crippen molar-refractivity contribution >= 4 is 23.7 Å². The van der Waals surface area contributed by atoms with Crippen LogP contribution in [-0.4, -0.2) is 49.0 Å². The van der Waals surface area contributed by atoms with E-state index in [0.29, 0.717) is 42.0 Å². The van der Waals surface area contributed by atoms with Crippen LogP contribution in [0.2, 0.25) is 0 Å². The average molecular weight is 463 g/mol. The van der Waals surface area contributed by atoms with Crippen LogP contribution in [0, 0.1) is 0 Å². The fourth-order valence-electron chi connectivity index (χ4n) is 4.13. The fraction of sp³-hybridized carbons (Fsp3) is 0.261. The molecule has 1 unspecified atom stereocenters. The number of aliphatic hydroxyl groups is 2. The van der Waals surface area contributed by atoms with Gasteiger partial charge in [0, 0.05) is 36.2 Å². The molecular formula is C23H21N5O6. The smallest absolute Gasteiger partial charge is 0.322 e. The highest BCUT2D eigenvalue weighted by atomic mass is 16.5. The van der Waals surface area contributed by atoms with Crippen molar-refractivity contribution in [2.45, 2.75) is 38.3 Å². The molecule has 0 spiro atoms. The number of hydrogen-bond donors (Lipinski definition) is 4. The summed E-state index contributed by atoms with van der Waals surface area (Å²) in [6.07, 6.45) is -1.01. The van der Waals surface area contributed by atoms with Gasteiger partial charge < -0.3 is 25.0 Å². The molecule has 174 valence electrons. The standard InChI is InChI=1S/C23H21N5O6/c29-18-8-7-17(20(30)25-18)28-11-15-9-12(1-6-16(15)21(28)31)10-24-23-26-19(27-34-23)13-2-4-14(5-3-13)22(32)33/h1-6,9,17,22,32-33H,7-8,10-11H2,(H,24,26,27)(H,25,29,30). The number of carbonyl (C=O) groups is 3. The second-order valence-corrected chi connectivity index (χ2v) is 8.16. The van der Waals surface area contributed by atoms with E-state index in [1.165, 1.54) is 4.90 Å². The van der Waals surface area contributed by atoms with Crippen LogP contribution >= 0.6 is 0 Å². The molecule has 11 nitrogen and oxygen atoms in total. The molecule has 0 aliphatic carbocycles. The molecule has 3 aromatic rings. The third kappa shape index (κ3) is 4.14. The SMILES string of the molecule is O=C1CCC(N2Cc3cc(CNc4nc(-c5ccc(C(O)O)cc5)no4)ccc3C2=O)C(=O)N1. The number of piperidine rings is 1. The molecule has 1 fully saturated rings. The van der Waals surface area contributed by atoms with Gasteiger partial charge >= 0.3 is 6.01 Å². The van der Waals surface area contributed by atoms with E-state index in [2.05, 4.69) is 20.8 Å². The number of amides is 3. The molecule has 2 aromatic carbocycles. The number of carbonyl (C=O) groups excluding carboxylic acids is 3. The fourth-order valence-corrected chi connectivity index (χ4v) is 4.13. The highest BCUT2D eigenvalue weighted by Crippen LogP contribution is 2.28. The highest BCUT2D eigenvalue weighted by Gasteiger charge is 2.39. The second kappa shape index (κ2) is 8.69.